The number of benzene rings is 1. The molecule has 22 heavy (non-hydrogen) atoms. The molecule has 1 atom stereocenters. The quantitative estimate of drug-likeness (QED) is 0.776. The molecule has 0 amide bonds. The topological polar surface area (TPSA) is 24.5 Å². The average Bonchev–Trinajstić information content (AvgIpc) is 2.52. The van der Waals surface area contributed by atoms with Gasteiger partial charge in [-0.1, -0.05) is 13.0 Å². The molecule has 0 radical (unpaired) electrons. The number of hydrogen-bond donors (Lipinski definition) is 1. The third-order valence-electron chi connectivity index (χ3n) is 4.57. The van der Waals surface area contributed by atoms with Gasteiger partial charge in [-0.2, -0.15) is 0 Å². The second kappa shape index (κ2) is 8.49. The molecule has 1 aliphatic heterocycles. The van der Waals surface area contributed by atoms with E-state index in [9.17, 15) is 4.39 Å². The second-order valence-electron chi connectivity index (χ2n) is 6.40. The van der Waals surface area contributed by atoms with Crippen molar-refractivity contribution in [2.45, 2.75) is 39.2 Å². The van der Waals surface area contributed by atoms with E-state index in [0.29, 0.717) is 0 Å². The van der Waals surface area contributed by atoms with Gasteiger partial charge in [0, 0.05) is 32.8 Å². The molecule has 0 spiro atoms. The fourth-order valence-corrected chi connectivity index (χ4v) is 2.95. The van der Waals surface area contributed by atoms with Crippen molar-refractivity contribution < 1.29 is 9.13 Å². The van der Waals surface area contributed by atoms with Crippen molar-refractivity contribution in [3.8, 4) is 0 Å². The normalized spacial score (nSPS) is 17.7. The van der Waals surface area contributed by atoms with Gasteiger partial charge in [0.05, 0.1) is 5.69 Å². The summed E-state index contributed by atoms with van der Waals surface area (Å²) in [6.45, 7) is 7.89. The fraction of sp³-hybridized carbons (Fsp3) is 0.667. The molecule has 1 aliphatic rings. The molecule has 0 aromatic heterocycles. The van der Waals surface area contributed by atoms with Crippen LogP contribution in [0.15, 0.2) is 18.2 Å². The molecular weight excluding hydrogens is 279 g/mol. The van der Waals surface area contributed by atoms with E-state index in [-0.39, 0.29) is 11.9 Å². The lowest BCUT2D eigenvalue weighted by molar-refractivity contribution is 0.193. The lowest BCUT2D eigenvalue weighted by Crippen LogP contribution is -2.33. The van der Waals surface area contributed by atoms with Crippen LogP contribution in [0, 0.1) is 11.7 Å². The fourth-order valence-electron chi connectivity index (χ4n) is 2.95. The zero-order valence-corrected chi connectivity index (χ0v) is 14.1. The van der Waals surface area contributed by atoms with Crippen molar-refractivity contribution in [2.75, 3.05) is 38.3 Å². The van der Waals surface area contributed by atoms with Crippen LogP contribution in [0.4, 0.5) is 10.1 Å². The van der Waals surface area contributed by atoms with Gasteiger partial charge in [0.2, 0.25) is 0 Å². The molecule has 0 bridgehead atoms. The number of anilines is 1. The lowest BCUT2D eigenvalue weighted by Gasteiger charge is -2.32. The van der Waals surface area contributed by atoms with Gasteiger partial charge < -0.3 is 15.0 Å². The highest BCUT2D eigenvalue weighted by Gasteiger charge is 2.19. The maximum absolute atomic E-state index is 14.4. The largest absolute Gasteiger partial charge is 0.385 e. The molecule has 0 saturated carbocycles. The minimum absolute atomic E-state index is 0.0994. The van der Waals surface area contributed by atoms with Crippen LogP contribution in [-0.2, 0) is 4.74 Å². The Balaban J connectivity index is 1.94. The van der Waals surface area contributed by atoms with Gasteiger partial charge in [0.25, 0.3) is 0 Å². The summed E-state index contributed by atoms with van der Waals surface area (Å²) >= 11 is 0. The Hall–Kier alpha value is -1.13. The Kier molecular flexibility index (Phi) is 6.65. The average molecular weight is 308 g/mol. The van der Waals surface area contributed by atoms with Gasteiger partial charge in [-0.3, -0.25) is 0 Å². The van der Waals surface area contributed by atoms with E-state index >= 15 is 0 Å². The Morgan fingerprint density at radius 2 is 2.09 bits per heavy atom. The number of piperidine rings is 1. The summed E-state index contributed by atoms with van der Waals surface area (Å²) in [6, 6.07) is 5.82. The first-order chi connectivity index (χ1) is 10.6. The summed E-state index contributed by atoms with van der Waals surface area (Å²) in [7, 11) is 1.71. The van der Waals surface area contributed by atoms with E-state index in [2.05, 4.69) is 24.1 Å². The van der Waals surface area contributed by atoms with Crippen LogP contribution in [0.3, 0.4) is 0 Å². The molecule has 0 unspecified atom stereocenters. The summed E-state index contributed by atoms with van der Waals surface area (Å²) in [5, 5.41) is 3.41. The molecule has 1 aromatic rings. The highest BCUT2D eigenvalue weighted by molar-refractivity contribution is 5.50. The van der Waals surface area contributed by atoms with Gasteiger partial charge in [0.15, 0.2) is 0 Å². The summed E-state index contributed by atoms with van der Waals surface area (Å²) < 4.78 is 19.5. The van der Waals surface area contributed by atoms with Crippen LogP contribution in [0.25, 0.3) is 0 Å². The monoisotopic (exact) mass is 308 g/mol. The first-order valence-corrected chi connectivity index (χ1v) is 8.38. The highest BCUT2D eigenvalue weighted by Crippen LogP contribution is 2.27. The molecule has 1 saturated heterocycles. The van der Waals surface area contributed by atoms with E-state index < -0.39 is 0 Å². The lowest BCUT2D eigenvalue weighted by atomic mass is 9.98. The minimum atomic E-state index is -0.0994. The summed E-state index contributed by atoms with van der Waals surface area (Å²) in [6.07, 6.45) is 3.27. The van der Waals surface area contributed by atoms with Crippen LogP contribution in [-0.4, -0.2) is 33.4 Å². The zero-order chi connectivity index (χ0) is 15.9. The number of rotatable bonds is 7. The Morgan fingerprint density at radius 3 is 2.73 bits per heavy atom. The highest BCUT2D eigenvalue weighted by atomic mass is 19.1. The molecule has 1 N–H and O–H groups in total. The van der Waals surface area contributed by atoms with Gasteiger partial charge in [-0.15, -0.1) is 0 Å². The summed E-state index contributed by atoms with van der Waals surface area (Å²) in [4.78, 5) is 2.18. The van der Waals surface area contributed by atoms with Gasteiger partial charge in [-0.05, 0) is 56.3 Å². The summed E-state index contributed by atoms with van der Waals surface area (Å²) in [5.74, 6) is 0.660. The van der Waals surface area contributed by atoms with Crippen LogP contribution in [0.5, 0.6) is 0 Å². The smallest absolute Gasteiger partial charge is 0.146 e. The van der Waals surface area contributed by atoms with Crippen molar-refractivity contribution in [1.82, 2.24) is 5.32 Å². The third kappa shape index (κ3) is 4.68. The van der Waals surface area contributed by atoms with E-state index in [1.165, 1.54) is 0 Å². The number of nitrogens with one attached hydrogen (secondary N) is 1. The van der Waals surface area contributed by atoms with E-state index in [1.54, 1.807) is 13.2 Å². The molecule has 4 heteroatoms. The van der Waals surface area contributed by atoms with Crippen molar-refractivity contribution >= 4 is 5.69 Å². The standard InChI is InChI=1S/C18H29FN2O/c1-14-7-10-21(11-8-14)18-6-5-16(13-17(18)19)15(2)20-9-4-12-22-3/h5-6,13-15,20H,4,7-12H2,1-3H3/t15-/m0/s1. The van der Waals surface area contributed by atoms with Crippen molar-refractivity contribution in [3.05, 3.63) is 29.6 Å². The van der Waals surface area contributed by atoms with Gasteiger partial charge in [0.1, 0.15) is 5.82 Å². The maximum atomic E-state index is 14.4. The molecule has 0 aliphatic carbocycles. The predicted molar refractivity (Wildman–Crippen MR) is 89.9 cm³/mol. The minimum Gasteiger partial charge on any atom is -0.385 e. The first kappa shape index (κ1) is 17.2. The SMILES string of the molecule is COCCCN[C@@H](C)c1ccc(N2CCC(C)CC2)c(F)c1. The van der Waals surface area contributed by atoms with E-state index in [1.807, 2.05) is 12.1 Å². The van der Waals surface area contributed by atoms with Crippen molar-refractivity contribution in [1.29, 1.82) is 0 Å². The maximum Gasteiger partial charge on any atom is 0.146 e. The van der Waals surface area contributed by atoms with Crippen LogP contribution >= 0.6 is 0 Å². The molecule has 3 nitrogen and oxygen atoms in total. The summed E-state index contributed by atoms with van der Waals surface area (Å²) in [5.41, 5.74) is 1.76. The van der Waals surface area contributed by atoms with E-state index in [4.69, 9.17) is 4.74 Å². The number of methoxy groups -OCH3 is 1. The Bertz CT molecular complexity index is 458. The van der Waals surface area contributed by atoms with Gasteiger partial charge in [-0.25, -0.2) is 4.39 Å². The van der Waals surface area contributed by atoms with Crippen LogP contribution in [0.1, 0.15) is 44.7 Å². The molecule has 2 rings (SSSR count). The number of nitrogens with zero attached hydrogens (tertiary/aromatic N) is 1. The number of halogens is 1. The van der Waals surface area contributed by atoms with E-state index in [0.717, 1.165) is 62.7 Å². The Labute approximate surface area is 133 Å². The molecular formula is C18H29FN2O. The second-order valence-corrected chi connectivity index (χ2v) is 6.40. The Morgan fingerprint density at radius 1 is 1.36 bits per heavy atom. The molecule has 1 heterocycles. The van der Waals surface area contributed by atoms with Crippen LogP contribution < -0.4 is 10.2 Å². The molecule has 1 aromatic carbocycles. The van der Waals surface area contributed by atoms with Crippen molar-refractivity contribution in [2.24, 2.45) is 5.92 Å². The van der Waals surface area contributed by atoms with Crippen molar-refractivity contribution in [3.63, 3.8) is 0 Å². The third-order valence-corrected chi connectivity index (χ3v) is 4.57. The van der Waals surface area contributed by atoms with Gasteiger partial charge >= 0.3 is 0 Å². The number of hydrogen-bond acceptors (Lipinski definition) is 3. The number of ether oxygens (including phenoxy) is 1. The van der Waals surface area contributed by atoms with Crippen LogP contribution in [0.2, 0.25) is 0 Å². The predicted octanol–water partition coefficient (Wildman–Crippen LogP) is 3.75. The first-order valence-electron chi connectivity index (χ1n) is 8.38. The zero-order valence-electron chi connectivity index (χ0n) is 14.1. The molecule has 124 valence electrons. The molecule has 1 fully saturated rings.